The van der Waals surface area contributed by atoms with Crippen molar-refractivity contribution in [2.24, 2.45) is 0 Å². The van der Waals surface area contributed by atoms with Crippen molar-refractivity contribution < 1.29 is 14.3 Å². The van der Waals surface area contributed by atoms with Crippen LogP contribution < -0.4 is 9.64 Å². The molecule has 6 nitrogen and oxygen atoms in total. The van der Waals surface area contributed by atoms with E-state index in [-0.39, 0.29) is 24.2 Å². The Morgan fingerprint density at radius 1 is 0.958 bits per heavy atom. The molecule has 24 heavy (non-hydrogen) atoms. The summed E-state index contributed by atoms with van der Waals surface area (Å²) in [5, 5.41) is 0. The number of ether oxygens (including phenoxy) is 1. The topological polar surface area (TPSA) is 53.1 Å². The Hall–Kier alpha value is -1.79. The molecule has 0 atom stereocenters. The molecule has 2 aliphatic rings. The number of rotatable bonds is 5. The highest BCUT2D eigenvalue weighted by Gasteiger charge is 2.29. The first-order valence-corrected chi connectivity index (χ1v) is 8.12. The number of halogens is 1. The zero-order chi connectivity index (χ0) is 16.2. The van der Waals surface area contributed by atoms with Gasteiger partial charge in [0.15, 0.2) is 0 Å². The molecule has 0 radical (unpaired) electrons. The van der Waals surface area contributed by atoms with Crippen molar-refractivity contribution in [3.63, 3.8) is 0 Å². The molecule has 1 aromatic carbocycles. The van der Waals surface area contributed by atoms with Crippen molar-refractivity contribution in [2.75, 3.05) is 51.3 Å². The minimum Gasteiger partial charge on any atom is -0.495 e. The van der Waals surface area contributed by atoms with Crippen molar-refractivity contribution in [1.29, 1.82) is 0 Å². The van der Waals surface area contributed by atoms with Gasteiger partial charge in [-0.2, -0.15) is 0 Å². The maximum absolute atomic E-state index is 11.6. The first kappa shape index (κ1) is 18.5. The molecule has 2 aliphatic heterocycles. The number of likely N-dealkylation sites (tertiary alicyclic amines) is 1. The van der Waals surface area contributed by atoms with E-state index in [4.69, 9.17) is 4.74 Å². The van der Waals surface area contributed by atoms with Gasteiger partial charge >= 0.3 is 0 Å². The Bertz CT molecular complexity index is 572. The molecule has 0 aromatic heterocycles. The zero-order valence-electron chi connectivity index (χ0n) is 13.9. The molecule has 0 spiro atoms. The SMILES string of the molecule is COc1ccccc1N1CCN(CCN2C(=O)CCC2=O)CC1.Cl. The van der Waals surface area contributed by atoms with E-state index < -0.39 is 0 Å². The maximum Gasteiger partial charge on any atom is 0.229 e. The van der Waals surface area contributed by atoms with Crippen LogP contribution in [-0.4, -0.2) is 68.0 Å². The van der Waals surface area contributed by atoms with Gasteiger partial charge in [-0.25, -0.2) is 0 Å². The lowest BCUT2D eigenvalue weighted by Crippen LogP contribution is -2.49. The second-order valence-electron chi connectivity index (χ2n) is 5.94. The van der Waals surface area contributed by atoms with Crippen LogP contribution >= 0.6 is 12.4 Å². The van der Waals surface area contributed by atoms with E-state index in [0.29, 0.717) is 19.4 Å². The third kappa shape index (κ3) is 3.99. The second-order valence-corrected chi connectivity index (χ2v) is 5.94. The van der Waals surface area contributed by atoms with Gasteiger partial charge in [-0.15, -0.1) is 12.4 Å². The zero-order valence-corrected chi connectivity index (χ0v) is 14.8. The number of piperazine rings is 1. The Morgan fingerprint density at radius 3 is 2.21 bits per heavy atom. The van der Waals surface area contributed by atoms with Crippen LogP contribution in [0.5, 0.6) is 5.75 Å². The van der Waals surface area contributed by atoms with E-state index in [1.807, 2.05) is 18.2 Å². The normalized spacial score (nSPS) is 18.7. The van der Waals surface area contributed by atoms with E-state index in [2.05, 4.69) is 15.9 Å². The molecule has 2 saturated heterocycles. The lowest BCUT2D eigenvalue weighted by Gasteiger charge is -2.37. The monoisotopic (exact) mass is 353 g/mol. The van der Waals surface area contributed by atoms with Gasteiger partial charge in [0.2, 0.25) is 11.8 Å². The molecular formula is C17H24ClN3O3. The number of imide groups is 1. The van der Waals surface area contributed by atoms with Gasteiger partial charge in [0.25, 0.3) is 0 Å². The van der Waals surface area contributed by atoms with Crippen LogP contribution in [0.25, 0.3) is 0 Å². The summed E-state index contributed by atoms with van der Waals surface area (Å²) in [5.74, 6) is 0.847. The molecule has 2 fully saturated rings. The predicted octanol–water partition coefficient (Wildman–Crippen LogP) is 1.39. The molecular weight excluding hydrogens is 330 g/mol. The van der Waals surface area contributed by atoms with Crippen molar-refractivity contribution in [3.05, 3.63) is 24.3 Å². The van der Waals surface area contributed by atoms with E-state index >= 15 is 0 Å². The number of hydrogen-bond donors (Lipinski definition) is 0. The fourth-order valence-electron chi connectivity index (χ4n) is 3.22. The van der Waals surface area contributed by atoms with E-state index in [1.54, 1.807) is 7.11 Å². The van der Waals surface area contributed by atoms with Crippen molar-refractivity contribution in [3.8, 4) is 5.75 Å². The number of carbonyl (C=O) groups is 2. The molecule has 0 unspecified atom stereocenters. The predicted molar refractivity (Wildman–Crippen MR) is 94.8 cm³/mol. The molecule has 7 heteroatoms. The first-order chi connectivity index (χ1) is 11.2. The van der Waals surface area contributed by atoms with Crippen molar-refractivity contribution in [1.82, 2.24) is 9.80 Å². The van der Waals surface area contributed by atoms with Gasteiger partial charge in [-0.1, -0.05) is 12.1 Å². The number of para-hydroxylation sites is 2. The summed E-state index contributed by atoms with van der Waals surface area (Å²) in [6, 6.07) is 8.06. The average molecular weight is 354 g/mol. The van der Waals surface area contributed by atoms with Gasteiger partial charge in [0.05, 0.1) is 12.8 Å². The Balaban J connectivity index is 0.00000208. The molecule has 0 saturated carbocycles. The molecule has 2 heterocycles. The Labute approximate surface area is 148 Å². The van der Waals surface area contributed by atoms with Gasteiger partial charge < -0.3 is 9.64 Å². The first-order valence-electron chi connectivity index (χ1n) is 8.12. The fourth-order valence-corrected chi connectivity index (χ4v) is 3.22. The molecule has 132 valence electrons. The molecule has 2 amide bonds. The lowest BCUT2D eigenvalue weighted by molar-refractivity contribution is -0.138. The van der Waals surface area contributed by atoms with Gasteiger partial charge in [-0.05, 0) is 12.1 Å². The summed E-state index contributed by atoms with van der Waals surface area (Å²) in [5.41, 5.74) is 1.12. The third-order valence-corrected chi connectivity index (χ3v) is 4.59. The molecule has 3 rings (SSSR count). The van der Waals surface area contributed by atoms with Crippen molar-refractivity contribution >= 4 is 29.9 Å². The molecule has 0 aliphatic carbocycles. The second kappa shape index (κ2) is 8.35. The smallest absolute Gasteiger partial charge is 0.229 e. The summed E-state index contributed by atoms with van der Waals surface area (Å²) in [6.07, 6.45) is 0.751. The summed E-state index contributed by atoms with van der Waals surface area (Å²) in [7, 11) is 1.69. The number of anilines is 1. The van der Waals surface area contributed by atoms with Gasteiger partial charge in [0, 0.05) is 52.1 Å². The maximum atomic E-state index is 11.6. The summed E-state index contributed by atoms with van der Waals surface area (Å²) in [4.78, 5) is 29.3. The summed E-state index contributed by atoms with van der Waals surface area (Å²) < 4.78 is 5.43. The molecule has 1 aromatic rings. The van der Waals surface area contributed by atoms with Crippen LogP contribution in [0, 0.1) is 0 Å². The van der Waals surface area contributed by atoms with Crippen molar-refractivity contribution in [2.45, 2.75) is 12.8 Å². The number of amides is 2. The van der Waals surface area contributed by atoms with Crippen LogP contribution in [0.2, 0.25) is 0 Å². The molecule has 0 bridgehead atoms. The largest absolute Gasteiger partial charge is 0.495 e. The van der Waals surface area contributed by atoms with Crippen LogP contribution in [0.3, 0.4) is 0 Å². The quantitative estimate of drug-likeness (QED) is 0.749. The number of nitrogens with zero attached hydrogens (tertiary/aromatic N) is 3. The highest BCUT2D eigenvalue weighted by Crippen LogP contribution is 2.28. The number of hydrogen-bond acceptors (Lipinski definition) is 5. The van der Waals surface area contributed by atoms with Crippen LogP contribution in [-0.2, 0) is 9.59 Å². The highest BCUT2D eigenvalue weighted by molar-refractivity contribution is 6.01. The van der Waals surface area contributed by atoms with Crippen LogP contribution in [0.4, 0.5) is 5.69 Å². The summed E-state index contributed by atoms with van der Waals surface area (Å²) >= 11 is 0. The number of methoxy groups -OCH3 is 1. The number of carbonyl (C=O) groups excluding carboxylic acids is 2. The Morgan fingerprint density at radius 2 is 1.58 bits per heavy atom. The van der Waals surface area contributed by atoms with E-state index in [1.165, 1.54) is 4.90 Å². The van der Waals surface area contributed by atoms with Crippen LogP contribution in [0.1, 0.15) is 12.8 Å². The highest BCUT2D eigenvalue weighted by atomic mass is 35.5. The minimum absolute atomic E-state index is 0. The average Bonchev–Trinajstić information content (AvgIpc) is 2.92. The van der Waals surface area contributed by atoms with Gasteiger partial charge in [0.1, 0.15) is 5.75 Å². The van der Waals surface area contributed by atoms with E-state index in [9.17, 15) is 9.59 Å². The number of benzene rings is 1. The lowest BCUT2D eigenvalue weighted by atomic mass is 10.2. The third-order valence-electron chi connectivity index (χ3n) is 4.59. The van der Waals surface area contributed by atoms with Gasteiger partial charge in [-0.3, -0.25) is 19.4 Å². The molecule has 0 N–H and O–H groups in total. The minimum atomic E-state index is -0.0253. The Kier molecular flexibility index (Phi) is 6.45. The van der Waals surface area contributed by atoms with E-state index in [0.717, 1.165) is 44.2 Å². The fraction of sp³-hybridized carbons (Fsp3) is 0.529. The standard InChI is InChI=1S/C17H23N3O3.ClH/c1-23-15-5-3-2-4-14(15)19-11-8-18(9-12-19)10-13-20-16(21)6-7-17(20)22;/h2-5H,6-13H2,1H3;1H. The summed E-state index contributed by atoms with van der Waals surface area (Å²) in [6.45, 7) is 4.97. The van der Waals surface area contributed by atoms with Crippen LogP contribution in [0.15, 0.2) is 24.3 Å².